The predicted octanol–water partition coefficient (Wildman–Crippen LogP) is 6.20. The molecule has 0 aliphatic rings. The summed E-state index contributed by atoms with van der Waals surface area (Å²) >= 11 is 0. The molecule has 0 saturated carbocycles. The Morgan fingerprint density at radius 3 is 1.76 bits per heavy atom. The third kappa shape index (κ3) is 8.43. The lowest BCUT2D eigenvalue weighted by Gasteiger charge is -2.08. The minimum atomic E-state index is -0.292. The molecule has 0 bridgehead atoms. The number of unbranched alkanes of at least 4 members (excludes halogenated alkanes) is 5. The van der Waals surface area contributed by atoms with Gasteiger partial charge in [-0.05, 0) is 55.2 Å². The molecule has 0 radical (unpaired) electrons. The number of benzene rings is 2. The highest BCUT2D eigenvalue weighted by molar-refractivity contribution is 5.86. The maximum Gasteiger partial charge on any atom is 0.333 e. The van der Waals surface area contributed by atoms with Gasteiger partial charge in [-0.15, -0.1) is 0 Å². The van der Waals surface area contributed by atoms with Crippen molar-refractivity contribution in [2.45, 2.75) is 45.4 Å². The fourth-order valence-corrected chi connectivity index (χ4v) is 2.92. The van der Waals surface area contributed by atoms with Gasteiger partial charge >= 0.3 is 5.97 Å². The van der Waals surface area contributed by atoms with Crippen molar-refractivity contribution in [3.8, 4) is 22.6 Å². The van der Waals surface area contributed by atoms with E-state index in [0.717, 1.165) is 61.3 Å². The Morgan fingerprint density at radius 2 is 1.24 bits per heavy atom. The molecular weight excluding hydrogens is 364 g/mol. The molecule has 0 fully saturated rings. The highest BCUT2D eigenvalue weighted by Crippen LogP contribution is 2.24. The standard InChI is InChI=1S/C25H32O4/c1-20(2)25(26)29-19-9-7-5-4-6-8-18-28-24-16-12-22(13-17-24)21-10-14-23(27-3)15-11-21/h10-17H,1,4-9,18-19H2,2-3H3. The first-order chi connectivity index (χ1) is 14.1. The Kier molecular flexibility index (Phi) is 9.84. The van der Waals surface area contributed by atoms with Gasteiger partial charge in [0.2, 0.25) is 0 Å². The van der Waals surface area contributed by atoms with Crippen LogP contribution in [0.4, 0.5) is 0 Å². The molecule has 29 heavy (non-hydrogen) atoms. The molecule has 2 rings (SSSR count). The second-order valence-corrected chi connectivity index (χ2v) is 7.14. The van der Waals surface area contributed by atoms with Crippen molar-refractivity contribution in [3.05, 3.63) is 60.7 Å². The second kappa shape index (κ2) is 12.7. The van der Waals surface area contributed by atoms with Crippen LogP contribution in [0.25, 0.3) is 11.1 Å². The van der Waals surface area contributed by atoms with Crippen LogP contribution in [0, 0.1) is 0 Å². The molecule has 4 heteroatoms. The number of carbonyl (C=O) groups is 1. The predicted molar refractivity (Wildman–Crippen MR) is 117 cm³/mol. The molecule has 2 aromatic rings. The topological polar surface area (TPSA) is 44.8 Å². The zero-order chi connectivity index (χ0) is 20.9. The highest BCUT2D eigenvalue weighted by Gasteiger charge is 2.02. The Bertz CT molecular complexity index is 747. The van der Waals surface area contributed by atoms with Gasteiger partial charge in [0.15, 0.2) is 0 Å². The smallest absolute Gasteiger partial charge is 0.333 e. The summed E-state index contributed by atoms with van der Waals surface area (Å²) in [6, 6.07) is 16.2. The molecule has 0 spiro atoms. The van der Waals surface area contributed by atoms with Gasteiger partial charge in [0.25, 0.3) is 0 Å². The van der Waals surface area contributed by atoms with E-state index in [0.29, 0.717) is 12.2 Å². The summed E-state index contributed by atoms with van der Waals surface area (Å²) in [5.74, 6) is 1.47. The minimum Gasteiger partial charge on any atom is -0.497 e. The first-order valence-electron chi connectivity index (χ1n) is 10.3. The number of rotatable bonds is 13. The van der Waals surface area contributed by atoms with E-state index in [1.165, 1.54) is 6.42 Å². The maximum atomic E-state index is 11.2. The van der Waals surface area contributed by atoms with Gasteiger partial charge < -0.3 is 14.2 Å². The van der Waals surface area contributed by atoms with E-state index in [9.17, 15) is 4.79 Å². The van der Waals surface area contributed by atoms with E-state index in [1.807, 2.05) is 24.3 Å². The van der Waals surface area contributed by atoms with Gasteiger partial charge in [0.1, 0.15) is 11.5 Å². The van der Waals surface area contributed by atoms with Crippen molar-refractivity contribution >= 4 is 5.97 Å². The number of hydrogen-bond donors (Lipinski definition) is 0. The third-order valence-electron chi connectivity index (χ3n) is 4.67. The first kappa shape index (κ1) is 22.5. The number of methoxy groups -OCH3 is 1. The van der Waals surface area contributed by atoms with Gasteiger partial charge in [-0.25, -0.2) is 4.79 Å². The number of ether oxygens (including phenoxy) is 3. The van der Waals surface area contributed by atoms with Gasteiger partial charge in [-0.2, -0.15) is 0 Å². The summed E-state index contributed by atoms with van der Waals surface area (Å²) < 4.78 is 16.1. The molecule has 0 atom stereocenters. The summed E-state index contributed by atoms with van der Waals surface area (Å²) in [5.41, 5.74) is 2.78. The average molecular weight is 397 g/mol. The quantitative estimate of drug-likeness (QED) is 0.230. The van der Waals surface area contributed by atoms with Crippen LogP contribution in [-0.2, 0) is 9.53 Å². The van der Waals surface area contributed by atoms with Crippen LogP contribution in [0.15, 0.2) is 60.7 Å². The number of hydrogen-bond acceptors (Lipinski definition) is 4. The molecule has 0 unspecified atom stereocenters. The Morgan fingerprint density at radius 1 is 0.759 bits per heavy atom. The van der Waals surface area contributed by atoms with Crippen LogP contribution in [-0.4, -0.2) is 26.3 Å². The monoisotopic (exact) mass is 396 g/mol. The Labute approximate surface area is 174 Å². The van der Waals surface area contributed by atoms with Crippen LogP contribution < -0.4 is 9.47 Å². The lowest BCUT2D eigenvalue weighted by Crippen LogP contribution is -2.06. The molecule has 0 amide bonds. The summed E-state index contributed by atoms with van der Waals surface area (Å²) in [6.07, 6.45) is 6.52. The molecule has 0 aromatic heterocycles. The lowest BCUT2D eigenvalue weighted by atomic mass is 10.1. The van der Waals surface area contributed by atoms with Gasteiger partial charge in [0.05, 0.1) is 20.3 Å². The lowest BCUT2D eigenvalue weighted by molar-refractivity contribution is -0.139. The molecule has 4 nitrogen and oxygen atoms in total. The van der Waals surface area contributed by atoms with Crippen molar-refractivity contribution in [2.75, 3.05) is 20.3 Å². The molecule has 2 aromatic carbocycles. The Balaban J connectivity index is 1.54. The normalized spacial score (nSPS) is 10.4. The maximum absolute atomic E-state index is 11.2. The average Bonchev–Trinajstić information content (AvgIpc) is 2.75. The zero-order valence-electron chi connectivity index (χ0n) is 17.6. The largest absolute Gasteiger partial charge is 0.497 e. The van der Waals surface area contributed by atoms with E-state index in [1.54, 1.807) is 14.0 Å². The summed E-state index contributed by atoms with van der Waals surface area (Å²) in [6.45, 7) is 6.46. The SMILES string of the molecule is C=C(C)C(=O)OCCCCCCCCOc1ccc(-c2ccc(OC)cc2)cc1. The highest BCUT2D eigenvalue weighted by atomic mass is 16.5. The van der Waals surface area contributed by atoms with E-state index < -0.39 is 0 Å². The minimum absolute atomic E-state index is 0.292. The Hall–Kier alpha value is -2.75. The molecular formula is C25H32O4. The summed E-state index contributed by atoms with van der Waals surface area (Å²) in [5, 5.41) is 0. The summed E-state index contributed by atoms with van der Waals surface area (Å²) in [4.78, 5) is 11.2. The van der Waals surface area contributed by atoms with Crippen molar-refractivity contribution in [3.63, 3.8) is 0 Å². The first-order valence-corrected chi connectivity index (χ1v) is 10.3. The fourth-order valence-electron chi connectivity index (χ4n) is 2.92. The third-order valence-corrected chi connectivity index (χ3v) is 4.67. The van der Waals surface area contributed by atoms with Gasteiger partial charge in [-0.3, -0.25) is 0 Å². The van der Waals surface area contributed by atoms with E-state index >= 15 is 0 Å². The fraction of sp³-hybridized carbons (Fsp3) is 0.400. The molecule has 0 saturated heterocycles. The van der Waals surface area contributed by atoms with Crippen LogP contribution in [0.1, 0.15) is 45.4 Å². The van der Waals surface area contributed by atoms with Crippen LogP contribution in [0.3, 0.4) is 0 Å². The van der Waals surface area contributed by atoms with Crippen molar-refractivity contribution in [1.29, 1.82) is 0 Å². The van der Waals surface area contributed by atoms with E-state index in [-0.39, 0.29) is 5.97 Å². The molecule has 0 heterocycles. The second-order valence-electron chi connectivity index (χ2n) is 7.14. The van der Waals surface area contributed by atoms with Gasteiger partial charge in [0, 0.05) is 5.57 Å². The molecule has 0 aliphatic heterocycles. The van der Waals surface area contributed by atoms with Crippen molar-refractivity contribution in [2.24, 2.45) is 0 Å². The van der Waals surface area contributed by atoms with Gasteiger partial charge in [-0.1, -0.05) is 56.5 Å². The van der Waals surface area contributed by atoms with Crippen LogP contribution in [0.2, 0.25) is 0 Å². The number of esters is 1. The number of carbonyl (C=O) groups excluding carboxylic acids is 1. The molecule has 156 valence electrons. The van der Waals surface area contributed by atoms with Crippen LogP contribution >= 0.6 is 0 Å². The van der Waals surface area contributed by atoms with Crippen molar-refractivity contribution in [1.82, 2.24) is 0 Å². The molecule has 0 aliphatic carbocycles. The summed E-state index contributed by atoms with van der Waals surface area (Å²) in [7, 11) is 1.67. The van der Waals surface area contributed by atoms with Crippen molar-refractivity contribution < 1.29 is 19.0 Å². The van der Waals surface area contributed by atoms with E-state index in [4.69, 9.17) is 14.2 Å². The van der Waals surface area contributed by atoms with E-state index in [2.05, 4.69) is 30.8 Å². The van der Waals surface area contributed by atoms with Crippen LogP contribution in [0.5, 0.6) is 11.5 Å². The molecule has 0 N–H and O–H groups in total. The zero-order valence-corrected chi connectivity index (χ0v) is 17.6.